The lowest BCUT2D eigenvalue weighted by Crippen LogP contribution is -2.43. The summed E-state index contributed by atoms with van der Waals surface area (Å²) < 4.78 is 32.2. The molecule has 1 amide bonds. The number of hydrogen-bond acceptors (Lipinski definition) is 5. The standard InChI is InChI=1S/C22H25ClN2O5S/c1-15(17-7-3-5-9-19(17)23)24-21(26)16-11-13-25(14-12-16)31(28,29)20-10-6-4-8-18(20)22(27)30-2/h3-10,15-16H,11-14H2,1-2H3,(H,24,26)/t15-/m1/s1. The van der Waals surface area contributed by atoms with Crippen molar-refractivity contribution in [2.75, 3.05) is 20.2 Å². The van der Waals surface area contributed by atoms with Gasteiger partial charge in [0.25, 0.3) is 0 Å². The molecular formula is C22H25ClN2O5S. The second-order valence-electron chi connectivity index (χ2n) is 7.42. The summed E-state index contributed by atoms with van der Waals surface area (Å²) >= 11 is 6.20. The van der Waals surface area contributed by atoms with Crippen LogP contribution in [-0.2, 0) is 19.6 Å². The Labute approximate surface area is 187 Å². The molecule has 9 heteroatoms. The van der Waals surface area contributed by atoms with Crippen molar-refractivity contribution in [3.63, 3.8) is 0 Å². The van der Waals surface area contributed by atoms with E-state index in [1.807, 2.05) is 25.1 Å². The first-order chi connectivity index (χ1) is 14.8. The number of esters is 1. The van der Waals surface area contributed by atoms with Gasteiger partial charge in [-0.1, -0.05) is 41.9 Å². The van der Waals surface area contributed by atoms with E-state index in [0.29, 0.717) is 17.9 Å². The van der Waals surface area contributed by atoms with Crippen LogP contribution in [0.3, 0.4) is 0 Å². The lowest BCUT2D eigenvalue weighted by molar-refractivity contribution is -0.126. The molecule has 1 aliphatic rings. The molecule has 2 aromatic carbocycles. The van der Waals surface area contributed by atoms with Crippen LogP contribution in [0.2, 0.25) is 5.02 Å². The van der Waals surface area contributed by atoms with Crippen molar-refractivity contribution in [1.29, 1.82) is 0 Å². The summed E-state index contributed by atoms with van der Waals surface area (Å²) in [4.78, 5) is 24.6. The molecule has 0 bridgehead atoms. The van der Waals surface area contributed by atoms with Crippen molar-refractivity contribution in [1.82, 2.24) is 9.62 Å². The molecule has 1 atom stereocenters. The number of piperidine rings is 1. The van der Waals surface area contributed by atoms with E-state index in [0.717, 1.165) is 5.56 Å². The van der Waals surface area contributed by atoms with E-state index in [-0.39, 0.29) is 41.4 Å². The van der Waals surface area contributed by atoms with Crippen LogP contribution in [-0.4, -0.2) is 44.8 Å². The van der Waals surface area contributed by atoms with Crippen molar-refractivity contribution in [2.45, 2.75) is 30.7 Å². The molecule has 1 fully saturated rings. The maximum absolute atomic E-state index is 13.1. The molecule has 0 saturated carbocycles. The average molecular weight is 465 g/mol. The maximum Gasteiger partial charge on any atom is 0.339 e. The SMILES string of the molecule is COC(=O)c1ccccc1S(=O)(=O)N1CCC(C(=O)N[C@H](C)c2ccccc2Cl)CC1. The summed E-state index contributed by atoms with van der Waals surface area (Å²) in [6.07, 6.45) is 0.779. The Morgan fingerprint density at radius 2 is 1.71 bits per heavy atom. The average Bonchev–Trinajstić information content (AvgIpc) is 2.78. The fourth-order valence-electron chi connectivity index (χ4n) is 3.70. The number of ether oxygens (including phenoxy) is 1. The van der Waals surface area contributed by atoms with E-state index >= 15 is 0 Å². The molecule has 1 aliphatic heterocycles. The molecule has 1 heterocycles. The topological polar surface area (TPSA) is 92.8 Å². The zero-order chi connectivity index (χ0) is 22.6. The fourth-order valence-corrected chi connectivity index (χ4v) is 5.65. The molecule has 1 saturated heterocycles. The normalized spacial score (nSPS) is 16.5. The summed E-state index contributed by atoms with van der Waals surface area (Å²) in [7, 11) is -2.68. The molecule has 2 aromatic rings. The highest BCUT2D eigenvalue weighted by molar-refractivity contribution is 7.89. The minimum absolute atomic E-state index is 0.00145. The molecule has 0 spiro atoms. The fraction of sp³-hybridized carbons (Fsp3) is 0.364. The van der Waals surface area contributed by atoms with Gasteiger partial charge in [-0.2, -0.15) is 4.31 Å². The predicted molar refractivity (Wildman–Crippen MR) is 117 cm³/mol. The van der Waals surface area contributed by atoms with Crippen molar-refractivity contribution in [3.05, 3.63) is 64.7 Å². The largest absolute Gasteiger partial charge is 0.465 e. The van der Waals surface area contributed by atoms with Crippen molar-refractivity contribution in [2.24, 2.45) is 5.92 Å². The van der Waals surface area contributed by atoms with Crippen LogP contribution in [0.4, 0.5) is 0 Å². The summed E-state index contributed by atoms with van der Waals surface area (Å²) in [5, 5.41) is 3.55. The zero-order valence-corrected chi connectivity index (χ0v) is 18.9. The van der Waals surface area contributed by atoms with Gasteiger partial charge in [-0.05, 0) is 43.5 Å². The van der Waals surface area contributed by atoms with E-state index in [2.05, 4.69) is 5.32 Å². The van der Waals surface area contributed by atoms with E-state index in [9.17, 15) is 18.0 Å². The minimum atomic E-state index is -3.89. The van der Waals surface area contributed by atoms with Crippen molar-refractivity contribution < 1.29 is 22.7 Å². The van der Waals surface area contributed by atoms with Crippen molar-refractivity contribution in [3.8, 4) is 0 Å². The van der Waals surface area contributed by atoms with Gasteiger partial charge in [0.05, 0.1) is 23.6 Å². The van der Waals surface area contributed by atoms with Crippen LogP contribution in [0.5, 0.6) is 0 Å². The van der Waals surface area contributed by atoms with Crippen LogP contribution in [0, 0.1) is 5.92 Å². The van der Waals surface area contributed by atoms with E-state index in [4.69, 9.17) is 16.3 Å². The number of hydrogen-bond donors (Lipinski definition) is 1. The van der Waals surface area contributed by atoms with Gasteiger partial charge >= 0.3 is 5.97 Å². The number of methoxy groups -OCH3 is 1. The van der Waals surface area contributed by atoms with E-state index in [1.54, 1.807) is 18.2 Å². The molecule has 7 nitrogen and oxygen atoms in total. The number of nitrogens with one attached hydrogen (secondary N) is 1. The highest BCUT2D eigenvalue weighted by atomic mass is 35.5. The van der Waals surface area contributed by atoms with Gasteiger partial charge in [0.1, 0.15) is 0 Å². The number of carbonyl (C=O) groups is 2. The number of amides is 1. The Morgan fingerprint density at radius 1 is 1.10 bits per heavy atom. The molecule has 31 heavy (non-hydrogen) atoms. The maximum atomic E-state index is 13.1. The van der Waals surface area contributed by atoms with Crippen LogP contribution in [0.25, 0.3) is 0 Å². The molecule has 3 rings (SSSR count). The van der Waals surface area contributed by atoms with Crippen LogP contribution in [0.1, 0.15) is 41.7 Å². The minimum Gasteiger partial charge on any atom is -0.465 e. The summed E-state index contributed by atoms with van der Waals surface area (Å²) in [6, 6.07) is 13.0. The third kappa shape index (κ3) is 5.08. The van der Waals surface area contributed by atoms with Gasteiger partial charge in [-0.25, -0.2) is 13.2 Å². The molecular weight excluding hydrogens is 440 g/mol. The summed E-state index contributed by atoms with van der Waals surface area (Å²) in [5.74, 6) is -1.13. The van der Waals surface area contributed by atoms with Gasteiger partial charge in [-0.15, -0.1) is 0 Å². The number of rotatable bonds is 6. The first-order valence-electron chi connectivity index (χ1n) is 9.98. The summed E-state index contributed by atoms with van der Waals surface area (Å²) in [6.45, 7) is 2.25. The molecule has 1 N–H and O–H groups in total. The molecule has 0 aliphatic carbocycles. The van der Waals surface area contributed by atoms with Gasteiger partial charge in [-0.3, -0.25) is 4.79 Å². The quantitative estimate of drug-likeness (QED) is 0.661. The predicted octanol–water partition coefficient (Wildman–Crippen LogP) is 3.40. The zero-order valence-electron chi connectivity index (χ0n) is 17.4. The molecule has 0 unspecified atom stereocenters. The Balaban J connectivity index is 1.66. The summed E-state index contributed by atoms with van der Waals surface area (Å²) in [5.41, 5.74) is 0.829. The highest BCUT2D eigenvalue weighted by Crippen LogP contribution is 2.28. The first-order valence-corrected chi connectivity index (χ1v) is 11.8. The second-order valence-corrected chi connectivity index (χ2v) is 9.73. The Morgan fingerprint density at radius 3 is 2.35 bits per heavy atom. The first kappa shape index (κ1) is 23.2. The second kappa shape index (κ2) is 9.80. The van der Waals surface area contributed by atoms with Gasteiger partial charge in [0.2, 0.25) is 15.9 Å². The smallest absolute Gasteiger partial charge is 0.339 e. The Kier molecular flexibility index (Phi) is 7.35. The van der Waals surface area contributed by atoms with E-state index in [1.165, 1.54) is 23.5 Å². The van der Waals surface area contributed by atoms with Gasteiger partial charge in [0.15, 0.2) is 0 Å². The number of sulfonamides is 1. The van der Waals surface area contributed by atoms with Gasteiger partial charge < -0.3 is 10.1 Å². The van der Waals surface area contributed by atoms with Crippen LogP contribution < -0.4 is 5.32 Å². The Hall–Kier alpha value is -2.42. The monoisotopic (exact) mass is 464 g/mol. The van der Waals surface area contributed by atoms with Crippen LogP contribution >= 0.6 is 11.6 Å². The van der Waals surface area contributed by atoms with Crippen LogP contribution in [0.15, 0.2) is 53.4 Å². The lowest BCUT2D eigenvalue weighted by Gasteiger charge is -2.31. The molecule has 0 aromatic heterocycles. The molecule has 0 radical (unpaired) electrons. The highest BCUT2D eigenvalue weighted by Gasteiger charge is 2.34. The van der Waals surface area contributed by atoms with Crippen molar-refractivity contribution >= 4 is 33.5 Å². The number of benzene rings is 2. The number of halogens is 1. The molecule has 166 valence electrons. The van der Waals surface area contributed by atoms with E-state index < -0.39 is 16.0 Å². The number of nitrogens with zero attached hydrogens (tertiary/aromatic N) is 1. The third-order valence-corrected chi connectivity index (χ3v) is 7.77. The Bertz CT molecular complexity index is 1070. The van der Waals surface area contributed by atoms with Gasteiger partial charge in [0, 0.05) is 24.0 Å². The number of carbonyl (C=O) groups excluding carboxylic acids is 2. The third-order valence-electron chi connectivity index (χ3n) is 5.47. The lowest BCUT2D eigenvalue weighted by atomic mass is 9.96.